The molecule has 4 nitrogen and oxygen atoms in total. The fraction of sp³-hybridized carbons (Fsp3) is 0.385. The number of nitrogens with one attached hydrogen (secondary N) is 1. The molecule has 0 unspecified atom stereocenters. The van der Waals surface area contributed by atoms with E-state index in [0.717, 1.165) is 47.7 Å². The fourth-order valence-electron chi connectivity index (χ4n) is 4.86. The highest BCUT2D eigenvalue weighted by atomic mass is 35.5. The number of fused-ring (bicyclic) bond motifs is 1. The number of carbonyl (C=O) groups is 1. The summed E-state index contributed by atoms with van der Waals surface area (Å²) in [5, 5.41) is 4.72. The average Bonchev–Trinajstić information content (AvgIpc) is 2.80. The van der Waals surface area contributed by atoms with Crippen LogP contribution in [0.3, 0.4) is 0 Å². The highest BCUT2D eigenvalue weighted by Crippen LogP contribution is 2.37. The Hall–Kier alpha value is -2.66. The Morgan fingerprint density at radius 3 is 2.56 bits per heavy atom. The number of hydrogen-bond acceptors (Lipinski definition) is 2. The smallest absolute Gasteiger partial charge is 0.318 e. The average molecular weight is 454 g/mol. The van der Waals surface area contributed by atoms with E-state index in [9.17, 15) is 9.18 Å². The summed E-state index contributed by atoms with van der Waals surface area (Å²) in [4.78, 5) is 19.4. The molecule has 2 amide bonds. The fourth-order valence-corrected chi connectivity index (χ4v) is 4.99. The van der Waals surface area contributed by atoms with Crippen molar-refractivity contribution in [1.82, 2.24) is 15.2 Å². The van der Waals surface area contributed by atoms with Crippen molar-refractivity contribution in [2.24, 2.45) is 0 Å². The maximum absolute atomic E-state index is 13.8. The van der Waals surface area contributed by atoms with Crippen molar-refractivity contribution in [3.8, 4) is 0 Å². The minimum atomic E-state index is -0.232. The van der Waals surface area contributed by atoms with Crippen LogP contribution in [-0.4, -0.2) is 28.5 Å². The van der Waals surface area contributed by atoms with Crippen molar-refractivity contribution in [2.45, 2.75) is 57.5 Å². The van der Waals surface area contributed by atoms with Crippen molar-refractivity contribution >= 4 is 28.5 Å². The topological polar surface area (TPSA) is 45.2 Å². The lowest BCUT2D eigenvalue weighted by molar-refractivity contribution is 0.153. The number of pyridine rings is 1. The van der Waals surface area contributed by atoms with E-state index in [0.29, 0.717) is 17.5 Å². The molecule has 0 aliphatic heterocycles. The predicted octanol–water partition coefficient (Wildman–Crippen LogP) is 6.85. The van der Waals surface area contributed by atoms with E-state index < -0.39 is 0 Å². The van der Waals surface area contributed by atoms with E-state index in [1.54, 1.807) is 12.1 Å². The van der Waals surface area contributed by atoms with Crippen molar-refractivity contribution in [3.63, 3.8) is 0 Å². The van der Waals surface area contributed by atoms with Crippen LogP contribution >= 0.6 is 11.6 Å². The Labute approximate surface area is 193 Å². The van der Waals surface area contributed by atoms with Gasteiger partial charge in [0.1, 0.15) is 5.82 Å². The maximum atomic E-state index is 13.8. The third-order valence-corrected chi connectivity index (χ3v) is 6.88. The van der Waals surface area contributed by atoms with Gasteiger partial charge < -0.3 is 10.2 Å². The van der Waals surface area contributed by atoms with Crippen molar-refractivity contribution in [1.29, 1.82) is 0 Å². The zero-order valence-electron chi connectivity index (χ0n) is 18.5. The van der Waals surface area contributed by atoms with E-state index in [-0.39, 0.29) is 23.9 Å². The molecule has 2 aromatic carbocycles. The molecule has 3 aromatic rings. The first-order chi connectivity index (χ1) is 15.5. The van der Waals surface area contributed by atoms with Crippen LogP contribution < -0.4 is 5.32 Å². The van der Waals surface area contributed by atoms with Gasteiger partial charge in [0.25, 0.3) is 0 Å². The van der Waals surface area contributed by atoms with Crippen LogP contribution in [0.15, 0.2) is 54.7 Å². The van der Waals surface area contributed by atoms with E-state index in [4.69, 9.17) is 11.6 Å². The molecule has 32 heavy (non-hydrogen) atoms. The summed E-state index contributed by atoms with van der Waals surface area (Å²) < 4.78 is 13.8. The summed E-state index contributed by atoms with van der Waals surface area (Å²) in [6.07, 6.45) is 5.61. The van der Waals surface area contributed by atoms with E-state index >= 15 is 0 Å². The van der Waals surface area contributed by atoms with Gasteiger partial charge in [-0.05, 0) is 93.0 Å². The van der Waals surface area contributed by atoms with Crippen LogP contribution in [-0.2, 0) is 0 Å². The first kappa shape index (κ1) is 22.5. The first-order valence-corrected chi connectivity index (χ1v) is 11.7. The summed E-state index contributed by atoms with van der Waals surface area (Å²) in [6.45, 7) is 4.68. The van der Waals surface area contributed by atoms with Gasteiger partial charge in [0.05, 0.1) is 11.6 Å². The van der Waals surface area contributed by atoms with Crippen LogP contribution in [0.1, 0.15) is 62.6 Å². The number of nitrogens with zero attached hydrogens (tertiary/aromatic N) is 2. The van der Waals surface area contributed by atoms with E-state index in [1.165, 1.54) is 6.07 Å². The van der Waals surface area contributed by atoms with Gasteiger partial charge in [0.2, 0.25) is 0 Å². The summed E-state index contributed by atoms with van der Waals surface area (Å²) in [5.74, 6) is 0.123. The molecule has 6 heteroatoms. The largest absolute Gasteiger partial charge is 0.331 e. The molecule has 1 aromatic heterocycles. The standard InChI is InChI=1S/C26H29ClFN3O/c1-3-31(26(32)30-17(2)18-4-8-20(27)9-5-18)22-11-6-19(7-12-22)23-14-15-29-25-13-10-21(28)16-24(23)25/h4-5,8-10,13-17,19,22H,3,6-7,11-12H2,1-2H3,(H,30,32)/t17-,19-,22-/m0/s1. The minimum absolute atomic E-state index is 0.0326. The zero-order chi connectivity index (χ0) is 22.7. The Morgan fingerprint density at radius 1 is 1.16 bits per heavy atom. The van der Waals surface area contributed by atoms with Gasteiger partial charge in [-0.1, -0.05) is 23.7 Å². The predicted molar refractivity (Wildman–Crippen MR) is 127 cm³/mol. The maximum Gasteiger partial charge on any atom is 0.318 e. The second-order valence-electron chi connectivity index (χ2n) is 8.58. The van der Waals surface area contributed by atoms with Crippen LogP contribution in [0.2, 0.25) is 5.02 Å². The number of benzene rings is 2. The van der Waals surface area contributed by atoms with Crippen LogP contribution in [0.5, 0.6) is 0 Å². The van der Waals surface area contributed by atoms with Crippen LogP contribution in [0.4, 0.5) is 9.18 Å². The number of halogens is 2. The Bertz CT molecular complexity index is 1080. The lowest BCUT2D eigenvalue weighted by atomic mass is 9.80. The quantitative estimate of drug-likeness (QED) is 0.459. The normalized spacial score (nSPS) is 19.5. The van der Waals surface area contributed by atoms with Crippen molar-refractivity contribution in [3.05, 3.63) is 76.7 Å². The highest BCUT2D eigenvalue weighted by molar-refractivity contribution is 6.30. The van der Waals surface area contributed by atoms with E-state index in [1.807, 2.05) is 55.3 Å². The minimum Gasteiger partial charge on any atom is -0.331 e. The number of amides is 2. The molecule has 168 valence electrons. The first-order valence-electron chi connectivity index (χ1n) is 11.3. The van der Waals surface area contributed by atoms with Gasteiger partial charge in [-0.15, -0.1) is 0 Å². The molecule has 0 bridgehead atoms. The molecule has 1 N–H and O–H groups in total. The number of hydrogen-bond donors (Lipinski definition) is 1. The van der Waals surface area contributed by atoms with Gasteiger partial charge in [-0.3, -0.25) is 4.98 Å². The van der Waals surface area contributed by atoms with Gasteiger partial charge in [-0.2, -0.15) is 0 Å². The molecule has 4 rings (SSSR count). The van der Waals surface area contributed by atoms with Gasteiger partial charge in [0, 0.05) is 29.2 Å². The molecule has 1 atom stereocenters. The van der Waals surface area contributed by atoms with E-state index in [2.05, 4.69) is 10.3 Å². The SMILES string of the molecule is CCN(C(=O)N[C@@H](C)c1ccc(Cl)cc1)[C@H]1CC[C@H](c2ccnc3ccc(F)cc32)CC1. The molecule has 0 saturated heterocycles. The molecule has 1 aliphatic carbocycles. The Kier molecular flexibility index (Phi) is 6.95. The van der Waals surface area contributed by atoms with Gasteiger partial charge >= 0.3 is 6.03 Å². The molecule has 0 radical (unpaired) electrons. The van der Waals surface area contributed by atoms with Crippen LogP contribution in [0.25, 0.3) is 10.9 Å². The monoisotopic (exact) mass is 453 g/mol. The number of urea groups is 1. The molecular weight excluding hydrogens is 425 g/mol. The Morgan fingerprint density at radius 2 is 1.88 bits per heavy atom. The van der Waals surface area contributed by atoms with Crippen molar-refractivity contribution in [2.75, 3.05) is 6.54 Å². The summed E-state index contributed by atoms with van der Waals surface area (Å²) >= 11 is 5.97. The van der Waals surface area contributed by atoms with Crippen LogP contribution in [0, 0.1) is 5.82 Å². The summed E-state index contributed by atoms with van der Waals surface area (Å²) in [5.41, 5.74) is 3.02. The molecule has 1 heterocycles. The molecule has 0 spiro atoms. The number of aromatic nitrogens is 1. The number of carbonyl (C=O) groups excluding carboxylic acids is 1. The lowest BCUT2D eigenvalue weighted by Crippen LogP contribution is -2.47. The number of rotatable bonds is 5. The second kappa shape index (κ2) is 9.86. The Balaban J connectivity index is 1.41. The second-order valence-corrected chi connectivity index (χ2v) is 9.01. The van der Waals surface area contributed by atoms with Crippen molar-refractivity contribution < 1.29 is 9.18 Å². The third kappa shape index (κ3) is 4.88. The zero-order valence-corrected chi connectivity index (χ0v) is 19.3. The molecule has 1 saturated carbocycles. The third-order valence-electron chi connectivity index (χ3n) is 6.63. The lowest BCUT2D eigenvalue weighted by Gasteiger charge is -2.37. The molecule has 1 aliphatic rings. The summed E-state index contributed by atoms with van der Waals surface area (Å²) in [7, 11) is 0. The molecular formula is C26H29ClFN3O. The summed E-state index contributed by atoms with van der Waals surface area (Å²) in [6, 6.07) is 14.5. The van der Waals surface area contributed by atoms with Gasteiger partial charge in [-0.25, -0.2) is 9.18 Å². The molecule has 1 fully saturated rings. The highest BCUT2D eigenvalue weighted by Gasteiger charge is 2.30. The van der Waals surface area contributed by atoms with Gasteiger partial charge in [0.15, 0.2) is 0 Å².